The highest BCUT2D eigenvalue weighted by Gasteiger charge is 2.27. The molecule has 1 heterocycles. The van der Waals surface area contributed by atoms with Crippen LogP contribution < -0.4 is 11.1 Å². The summed E-state index contributed by atoms with van der Waals surface area (Å²) < 4.78 is 0. The fraction of sp³-hybridized carbons (Fsp3) is 0.636. The molecule has 1 unspecified atom stereocenters. The smallest absolute Gasteiger partial charge is 0.254 e. The van der Waals surface area contributed by atoms with E-state index in [-0.39, 0.29) is 17.9 Å². The van der Waals surface area contributed by atoms with Crippen molar-refractivity contribution in [3.05, 3.63) is 35.4 Å². The van der Waals surface area contributed by atoms with Crippen LogP contribution in [-0.4, -0.2) is 59.9 Å². The van der Waals surface area contributed by atoms with Crippen molar-refractivity contribution in [3.63, 3.8) is 0 Å². The van der Waals surface area contributed by atoms with Crippen molar-refractivity contribution in [1.29, 1.82) is 0 Å². The van der Waals surface area contributed by atoms with Gasteiger partial charge in [0.05, 0.1) is 0 Å². The minimum absolute atomic E-state index is 0.0459. The van der Waals surface area contributed by atoms with Crippen molar-refractivity contribution in [2.45, 2.75) is 65.1 Å². The van der Waals surface area contributed by atoms with Gasteiger partial charge in [-0.05, 0) is 57.4 Å². The number of carbonyl (C=O) groups excluding carboxylic acids is 2. The van der Waals surface area contributed by atoms with E-state index >= 15 is 0 Å². The van der Waals surface area contributed by atoms with Crippen molar-refractivity contribution in [1.82, 2.24) is 15.1 Å². The van der Waals surface area contributed by atoms with Crippen LogP contribution in [0, 0.1) is 0 Å². The maximum absolute atomic E-state index is 13.1. The first kappa shape index (κ1) is 22.4. The standard InChI is InChI=1S/C22H36N4O2/c1-4-25(17(2)3)16-18-8-10-19(11-9-18)22(28)26-14-6-5-7-20(26)15-24-21(27)12-13-23/h8-11,17,20H,4-7,12-16,23H2,1-3H3,(H,24,27). The van der Waals surface area contributed by atoms with E-state index < -0.39 is 0 Å². The summed E-state index contributed by atoms with van der Waals surface area (Å²) in [6.45, 7) is 10.1. The van der Waals surface area contributed by atoms with Gasteiger partial charge in [0.25, 0.3) is 5.91 Å². The average Bonchev–Trinajstić information content (AvgIpc) is 2.70. The predicted octanol–water partition coefficient (Wildman–Crippen LogP) is 2.38. The number of piperidine rings is 1. The quantitative estimate of drug-likeness (QED) is 0.681. The van der Waals surface area contributed by atoms with E-state index in [4.69, 9.17) is 5.73 Å². The topological polar surface area (TPSA) is 78.7 Å². The Bertz CT molecular complexity index is 630. The third kappa shape index (κ3) is 6.31. The zero-order chi connectivity index (χ0) is 20.5. The molecule has 28 heavy (non-hydrogen) atoms. The molecule has 1 atom stereocenters. The number of hydrogen-bond donors (Lipinski definition) is 2. The summed E-state index contributed by atoms with van der Waals surface area (Å²) >= 11 is 0. The SMILES string of the molecule is CCN(Cc1ccc(C(=O)N2CCCCC2CNC(=O)CCN)cc1)C(C)C. The zero-order valence-electron chi connectivity index (χ0n) is 17.6. The molecule has 2 amide bonds. The fourth-order valence-electron chi connectivity index (χ4n) is 3.74. The van der Waals surface area contributed by atoms with E-state index in [1.807, 2.05) is 17.0 Å². The highest BCUT2D eigenvalue weighted by molar-refractivity contribution is 5.94. The maximum atomic E-state index is 13.1. The molecule has 0 bridgehead atoms. The lowest BCUT2D eigenvalue weighted by Crippen LogP contribution is -2.49. The first-order valence-electron chi connectivity index (χ1n) is 10.6. The van der Waals surface area contributed by atoms with Gasteiger partial charge in [-0.3, -0.25) is 14.5 Å². The number of carbonyl (C=O) groups is 2. The Morgan fingerprint density at radius 3 is 2.57 bits per heavy atom. The van der Waals surface area contributed by atoms with Gasteiger partial charge >= 0.3 is 0 Å². The molecule has 6 heteroatoms. The van der Waals surface area contributed by atoms with Crippen molar-refractivity contribution >= 4 is 11.8 Å². The lowest BCUT2D eigenvalue weighted by Gasteiger charge is -2.36. The van der Waals surface area contributed by atoms with Gasteiger partial charge in [0.2, 0.25) is 5.91 Å². The van der Waals surface area contributed by atoms with Gasteiger partial charge in [-0.2, -0.15) is 0 Å². The third-order valence-electron chi connectivity index (χ3n) is 5.52. The number of nitrogens with zero attached hydrogens (tertiary/aromatic N) is 2. The Kier molecular flexibility index (Phi) is 8.93. The van der Waals surface area contributed by atoms with Crippen LogP contribution in [0.4, 0.5) is 0 Å². The van der Waals surface area contributed by atoms with E-state index in [2.05, 4.69) is 43.1 Å². The van der Waals surface area contributed by atoms with Crippen molar-refractivity contribution in [2.24, 2.45) is 5.73 Å². The van der Waals surface area contributed by atoms with E-state index in [1.54, 1.807) is 0 Å². The molecule has 0 saturated carbocycles. The highest BCUT2D eigenvalue weighted by Crippen LogP contribution is 2.20. The second kappa shape index (κ2) is 11.2. The molecular formula is C22H36N4O2. The lowest BCUT2D eigenvalue weighted by atomic mass is 10.00. The minimum Gasteiger partial charge on any atom is -0.354 e. The Balaban J connectivity index is 2.00. The number of nitrogens with one attached hydrogen (secondary N) is 1. The molecule has 1 fully saturated rings. The van der Waals surface area contributed by atoms with Crippen LogP contribution in [-0.2, 0) is 11.3 Å². The molecule has 0 spiro atoms. The summed E-state index contributed by atoms with van der Waals surface area (Å²) in [6, 6.07) is 8.53. The molecule has 0 aliphatic carbocycles. The van der Waals surface area contributed by atoms with Crippen molar-refractivity contribution < 1.29 is 9.59 Å². The summed E-state index contributed by atoms with van der Waals surface area (Å²) in [5, 5.41) is 2.92. The fourth-order valence-corrected chi connectivity index (χ4v) is 3.74. The normalized spacial score (nSPS) is 17.2. The number of benzene rings is 1. The monoisotopic (exact) mass is 388 g/mol. The van der Waals surface area contributed by atoms with Crippen LogP contribution in [0.2, 0.25) is 0 Å². The predicted molar refractivity (Wildman–Crippen MR) is 113 cm³/mol. The molecular weight excluding hydrogens is 352 g/mol. The number of hydrogen-bond acceptors (Lipinski definition) is 4. The molecule has 1 aromatic carbocycles. The first-order valence-corrected chi connectivity index (χ1v) is 10.6. The van der Waals surface area contributed by atoms with Crippen LogP contribution in [0.3, 0.4) is 0 Å². The van der Waals surface area contributed by atoms with Gasteiger partial charge in [0, 0.05) is 50.2 Å². The van der Waals surface area contributed by atoms with Crippen LogP contribution in [0.1, 0.15) is 62.4 Å². The number of amides is 2. The molecule has 156 valence electrons. The number of likely N-dealkylation sites (tertiary alicyclic amines) is 1. The van der Waals surface area contributed by atoms with Crippen LogP contribution in [0.25, 0.3) is 0 Å². The molecule has 1 aliphatic rings. The molecule has 3 N–H and O–H groups in total. The van der Waals surface area contributed by atoms with E-state index in [1.165, 1.54) is 5.56 Å². The highest BCUT2D eigenvalue weighted by atomic mass is 16.2. The van der Waals surface area contributed by atoms with Crippen molar-refractivity contribution in [2.75, 3.05) is 26.2 Å². The van der Waals surface area contributed by atoms with Crippen LogP contribution in [0.15, 0.2) is 24.3 Å². The van der Waals surface area contributed by atoms with Crippen LogP contribution >= 0.6 is 0 Å². The number of rotatable bonds is 9. The van der Waals surface area contributed by atoms with Crippen molar-refractivity contribution in [3.8, 4) is 0 Å². The zero-order valence-corrected chi connectivity index (χ0v) is 17.6. The average molecular weight is 389 g/mol. The molecule has 6 nitrogen and oxygen atoms in total. The Morgan fingerprint density at radius 2 is 1.96 bits per heavy atom. The first-order chi connectivity index (χ1) is 13.5. The molecule has 1 aromatic rings. The molecule has 0 aromatic heterocycles. The third-order valence-corrected chi connectivity index (χ3v) is 5.52. The molecule has 0 radical (unpaired) electrons. The van der Waals surface area contributed by atoms with Gasteiger partial charge in [0.15, 0.2) is 0 Å². The Labute approximate surface area is 169 Å². The van der Waals surface area contributed by atoms with E-state index in [9.17, 15) is 9.59 Å². The summed E-state index contributed by atoms with van der Waals surface area (Å²) in [7, 11) is 0. The van der Waals surface area contributed by atoms with E-state index in [0.717, 1.165) is 44.5 Å². The number of nitrogens with two attached hydrogens (primary N) is 1. The van der Waals surface area contributed by atoms with E-state index in [0.29, 0.717) is 25.6 Å². The summed E-state index contributed by atoms with van der Waals surface area (Å²) in [5.74, 6) is 0.0102. The van der Waals surface area contributed by atoms with Gasteiger partial charge in [0.1, 0.15) is 0 Å². The minimum atomic E-state index is -0.0459. The van der Waals surface area contributed by atoms with Gasteiger partial charge in [-0.15, -0.1) is 0 Å². The summed E-state index contributed by atoms with van der Waals surface area (Å²) in [6.07, 6.45) is 3.35. The second-order valence-corrected chi connectivity index (χ2v) is 7.84. The Morgan fingerprint density at radius 1 is 1.25 bits per heavy atom. The Hall–Kier alpha value is -1.92. The lowest BCUT2D eigenvalue weighted by molar-refractivity contribution is -0.121. The molecule has 1 saturated heterocycles. The largest absolute Gasteiger partial charge is 0.354 e. The summed E-state index contributed by atoms with van der Waals surface area (Å²) in [4.78, 5) is 29.1. The van der Waals surface area contributed by atoms with Gasteiger partial charge in [-0.25, -0.2) is 0 Å². The molecule has 1 aliphatic heterocycles. The second-order valence-electron chi connectivity index (χ2n) is 7.84. The summed E-state index contributed by atoms with van der Waals surface area (Å²) in [5.41, 5.74) is 7.37. The van der Waals surface area contributed by atoms with Crippen LogP contribution in [0.5, 0.6) is 0 Å². The molecule has 2 rings (SSSR count). The van der Waals surface area contributed by atoms with Gasteiger partial charge < -0.3 is 16.0 Å². The maximum Gasteiger partial charge on any atom is 0.254 e. The van der Waals surface area contributed by atoms with Gasteiger partial charge in [-0.1, -0.05) is 19.1 Å².